The van der Waals surface area contributed by atoms with Crippen molar-refractivity contribution < 1.29 is 26.4 Å². The van der Waals surface area contributed by atoms with Crippen molar-refractivity contribution in [3.8, 4) is 0 Å². The van der Waals surface area contributed by atoms with Gasteiger partial charge < -0.3 is 4.90 Å². The Balaban J connectivity index is 1.71. The quantitative estimate of drug-likeness (QED) is 0.755. The molecule has 5 nitrogen and oxygen atoms in total. The monoisotopic (exact) mass is 426 g/mol. The van der Waals surface area contributed by atoms with E-state index in [0.29, 0.717) is 5.56 Å². The number of amides is 1. The van der Waals surface area contributed by atoms with E-state index in [1.165, 1.54) is 4.31 Å². The summed E-state index contributed by atoms with van der Waals surface area (Å²) in [5, 5.41) is 0. The van der Waals surface area contributed by atoms with Gasteiger partial charge in [0.1, 0.15) is 0 Å². The van der Waals surface area contributed by atoms with Crippen molar-refractivity contribution in [2.45, 2.75) is 24.9 Å². The number of carbonyl (C=O) groups is 1. The highest BCUT2D eigenvalue weighted by Crippen LogP contribution is 2.30. The van der Waals surface area contributed by atoms with Gasteiger partial charge in [0.05, 0.1) is 10.5 Å². The molecule has 0 spiro atoms. The lowest BCUT2D eigenvalue weighted by Crippen LogP contribution is -2.50. The minimum atomic E-state index is -4.53. The molecule has 0 radical (unpaired) electrons. The summed E-state index contributed by atoms with van der Waals surface area (Å²) in [6.07, 6.45) is -4.53. The maximum Gasteiger partial charge on any atom is 0.416 e. The highest BCUT2D eigenvalue weighted by Gasteiger charge is 2.33. The number of aryl methyl sites for hydroxylation is 2. The lowest BCUT2D eigenvalue weighted by atomic mass is 10.0. The number of nitrogens with zero attached hydrogens (tertiary/aromatic N) is 2. The molecule has 0 N–H and O–H groups in total. The van der Waals surface area contributed by atoms with Crippen molar-refractivity contribution in [2.75, 3.05) is 26.2 Å². The summed E-state index contributed by atoms with van der Waals surface area (Å²) in [5.74, 6) is -0.155. The molecule has 2 aromatic carbocycles. The summed E-state index contributed by atoms with van der Waals surface area (Å²) in [7, 11) is -3.92. The topological polar surface area (TPSA) is 57.7 Å². The van der Waals surface area contributed by atoms with E-state index in [9.17, 15) is 26.4 Å². The van der Waals surface area contributed by atoms with E-state index in [1.54, 1.807) is 4.90 Å². The van der Waals surface area contributed by atoms with Crippen LogP contribution < -0.4 is 0 Å². The van der Waals surface area contributed by atoms with Crippen LogP contribution >= 0.6 is 0 Å². The molecule has 0 aromatic heterocycles. The van der Waals surface area contributed by atoms with Gasteiger partial charge in [0.2, 0.25) is 10.0 Å². The number of alkyl halides is 3. The molecule has 0 atom stereocenters. The molecule has 0 unspecified atom stereocenters. The first kappa shape index (κ1) is 21.3. The molecule has 1 heterocycles. The standard InChI is InChI=1S/C20H21F3N2O3S/c1-14-3-4-15(2)18(13-14)19(26)24-9-11-25(12-10-24)29(27,28)17-7-5-16(6-8-17)20(21,22)23/h3-8,13H,9-12H2,1-2H3. The number of hydrogen-bond donors (Lipinski definition) is 0. The average Bonchev–Trinajstić information content (AvgIpc) is 2.69. The average molecular weight is 426 g/mol. The van der Waals surface area contributed by atoms with Crippen LogP contribution in [0.1, 0.15) is 27.0 Å². The summed E-state index contributed by atoms with van der Waals surface area (Å²) in [6.45, 7) is 4.33. The molecule has 0 saturated carbocycles. The number of halogens is 3. The van der Waals surface area contributed by atoms with Crippen LogP contribution in [0.3, 0.4) is 0 Å². The molecule has 9 heteroatoms. The zero-order valence-electron chi connectivity index (χ0n) is 16.0. The number of benzene rings is 2. The molecule has 0 aliphatic carbocycles. The van der Waals surface area contributed by atoms with E-state index < -0.39 is 21.8 Å². The molecule has 1 fully saturated rings. The lowest BCUT2D eigenvalue weighted by Gasteiger charge is -2.34. The first-order valence-electron chi connectivity index (χ1n) is 9.04. The predicted molar refractivity (Wildman–Crippen MR) is 102 cm³/mol. The van der Waals surface area contributed by atoms with Crippen LogP contribution in [0.5, 0.6) is 0 Å². The second-order valence-corrected chi connectivity index (χ2v) is 8.97. The van der Waals surface area contributed by atoms with Crippen molar-refractivity contribution in [1.82, 2.24) is 9.21 Å². The minimum Gasteiger partial charge on any atom is -0.336 e. The molecule has 1 aliphatic rings. The number of carbonyl (C=O) groups excluding carboxylic acids is 1. The van der Waals surface area contributed by atoms with Gasteiger partial charge in [0.15, 0.2) is 0 Å². The third-order valence-corrected chi connectivity index (χ3v) is 6.88. The molecular formula is C20H21F3N2O3S. The van der Waals surface area contributed by atoms with Gasteiger partial charge in [0, 0.05) is 31.7 Å². The molecule has 3 rings (SSSR count). The Hall–Kier alpha value is -2.39. The Kier molecular flexibility index (Phi) is 5.73. The van der Waals surface area contributed by atoms with E-state index in [2.05, 4.69) is 0 Å². The first-order chi connectivity index (χ1) is 13.5. The zero-order chi connectivity index (χ0) is 21.4. The van der Waals surface area contributed by atoms with E-state index in [1.807, 2.05) is 32.0 Å². The second kappa shape index (κ2) is 7.79. The highest BCUT2D eigenvalue weighted by molar-refractivity contribution is 7.89. The van der Waals surface area contributed by atoms with E-state index >= 15 is 0 Å². The van der Waals surface area contributed by atoms with Crippen molar-refractivity contribution in [2.24, 2.45) is 0 Å². The van der Waals surface area contributed by atoms with Gasteiger partial charge >= 0.3 is 6.18 Å². The van der Waals surface area contributed by atoms with Gasteiger partial charge in [-0.15, -0.1) is 0 Å². The Bertz CT molecular complexity index is 1010. The minimum absolute atomic E-state index is 0.0833. The third kappa shape index (κ3) is 4.45. The fourth-order valence-electron chi connectivity index (χ4n) is 3.23. The summed E-state index contributed by atoms with van der Waals surface area (Å²) in [6, 6.07) is 9.04. The van der Waals surface area contributed by atoms with Crippen LogP contribution in [0.4, 0.5) is 13.2 Å². The van der Waals surface area contributed by atoms with Crippen LogP contribution in [0.2, 0.25) is 0 Å². The number of rotatable bonds is 3. The molecule has 1 amide bonds. The van der Waals surface area contributed by atoms with Gasteiger partial charge in [-0.3, -0.25) is 4.79 Å². The van der Waals surface area contributed by atoms with E-state index in [0.717, 1.165) is 35.4 Å². The van der Waals surface area contributed by atoms with E-state index in [4.69, 9.17) is 0 Å². The SMILES string of the molecule is Cc1ccc(C)c(C(=O)N2CCN(S(=O)(=O)c3ccc(C(F)(F)F)cc3)CC2)c1. The molecule has 2 aromatic rings. The fourth-order valence-corrected chi connectivity index (χ4v) is 4.66. The van der Waals surface area contributed by atoms with E-state index in [-0.39, 0.29) is 37.0 Å². The maximum atomic E-state index is 12.8. The van der Waals surface area contributed by atoms with Gasteiger partial charge in [-0.25, -0.2) is 8.42 Å². The number of hydrogen-bond acceptors (Lipinski definition) is 3. The Morgan fingerprint density at radius 1 is 0.931 bits per heavy atom. The predicted octanol–water partition coefficient (Wildman–Crippen LogP) is 3.47. The molecule has 0 bridgehead atoms. The van der Waals surface area contributed by atoms with Crippen LogP contribution in [0, 0.1) is 13.8 Å². The molecule has 156 valence electrons. The van der Waals surface area contributed by atoms with Crippen molar-refractivity contribution in [3.05, 3.63) is 64.7 Å². The van der Waals surface area contributed by atoms with Crippen molar-refractivity contribution in [1.29, 1.82) is 0 Å². The largest absolute Gasteiger partial charge is 0.416 e. The number of sulfonamides is 1. The van der Waals surface area contributed by atoms with Gasteiger partial charge in [-0.2, -0.15) is 17.5 Å². The van der Waals surface area contributed by atoms with Gasteiger partial charge in [0.25, 0.3) is 5.91 Å². The second-order valence-electron chi connectivity index (χ2n) is 7.04. The van der Waals surface area contributed by atoms with Crippen molar-refractivity contribution >= 4 is 15.9 Å². The summed E-state index contributed by atoms with van der Waals surface area (Å²) < 4.78 is 64.7. The maximum absolute atomic E-state index is 12.8. The summed E-state index contributed by atoms with van der Waals surface area (Å²) in [5.41, 5.74) is 1.49. The van der Waals surface area contributed by atoms with Crippen molar-refractivity contribution in [3.63, 3.8) is 0 Å². The van der Waals surface area contributed by atoms with Gasteiger partial charge in [-0.05, 0) is 49.7 Å². The Morgan fingerprint density at radius 2 is 1.52 bits per heavy atom. The Labute approximate surface area is 167 Å². The lowest BCUT2D eigenvalue weighted by molar-refractivity contribution is -0.137. The van der Waals surface area contributed by atoms with Crippen LogP contribution in [0.15, 0.2) is 47.4 Å². The van der Waals surface area contributed by atoms with Crippen LogP contribution in [-0.4, -0.2) is 49.7 Å². The number of piperazine rings is 1. The summed E-state index contributed by atoms with van der Waals surface area (Å²) in [4.78, 5) is 14.2. The molecular weight excluding hydrogens is 405 g/mol. The van der Waals surface area contributed by atoms with Gasteiger partial charge in [-0.1, -0.05) is 17.7 Å². The third-order valence-electron chi connectivity index (χ3n) is 4.97. The summed E-state index contributed by atoms with van der Waals surface area (Å²) >= 11 is 0. The first-order valence-corrected chi connectivity index (χ1v) is 10.5. The molecule has 29 heavy (non-hydrogen) atoms. The Morgan fingerprint density at radius 3 is 2.07 bits per heavy atom. The molecule has 1 saturated heterocycles. The fraction of sp³-hybridized carbons (Fsp3) is 0.350. The van der Waals surface area contributed by atoms with Crippen LogP contribution in [-0.2, 0) is 16.2 Å². The zero-order valence-corrected chi connectivity index (χ0v) is 16.8. The smallest absolute Gasteiger partial charge is 0.336 e. The normalized spacial score (nSPS) is 16.1. The highest BCUT2D eigenvalue weighted by atomic mass is 32.2. The molecule has 1 aliphatic heterocycles. The van der Waals surface area contributed by atoms with Crippen LogP contribution in [0.25, 0.3) is 0 Å².